The van der Waals surface area contributed by atoms with Gasteiger partial charge in [-0.2, -0.15) is 13.2 Å². The number of rotatable bonds is 4. The van der Waals surface area contributed by atoms with Gasteiger partial charge in [-0.05, 0) is 43.3 Å². The maximum absolute atomic E-state index is 13.8. The minimum atomic E-state index is -4.76. The Hall–Kier alpha value is -3.08. The Balaban J connectivity index is 1.77. The van der Waals surface area contributed by atoms with Gasteiger partial charge in [-0.25, -0.2) is 17.8 Å². The summed E-state index contributed by atoms with van der Waals surface area (Å²) in [7, 11) is -3.49. The van der Waals surface area contributed by atoms with Gasteiger partial charge in [-0.3, -0.25) is 0 Å². The van der Waals surface area contributed by atoms with Crippen LogP contribution < -0.4 is 5.32 Å². The number of sulfone groups is 1. The van der Waals surface area contributed by atoms with E-state index in [4.69, 9.17) is 4.42 Å². The lowest BCUT2D eigenvalue weighted by Gasteiger charge is -2.20. The summed E-state index contributed by atoms with van der Waals surface area (Å²) in [6.45, 7) is 1.41. The summed E-state index contributed by atoms with van der Waals surface area (Å²) in [4.78, 5) is 6.71. The summed E-state index contributed by atoms with van der Waals surface area (Å²) in [5, 5.41) is 2.51. The first-order chi connectivity index (χ1) is 13.9. The summed E-state index contributed by atoms with van der Waals surface area (Å²) < 4.78 is 83.8. The fourth-order valence-electron chi connectivity index (χ4n) is 3.21. The zero-order valence-electron chi connectivity index (χ0n) is 15.6. The van der Waals surface area contributed by atoms with Crippen molar-refractivity contribution >= 4 is 37.8 Å². The molecule has 158 valence electrons. The second-order valence-corrected chi connectivity index (χ2v) is 8.90. The van der Waals surface area contributed by atoms with Gasteiger partial charge in [-0.15, -0.1) is 0 Å². The number of aryl methyl sites for hydroxylation is 1. The minimum absolute atomic E-state index is 0.00715. The predicted molar refractivity (Wildman–Crippen MR) is 103 cm³/mol. The van der Waals surface area contributed by atoms with E-state index in [2.05, 4.69) is 15.3 Å². The molecule has 2 aromatic carbocycles. The summed E-state index contributed by atoms with van der Waals surface area (Å²) in [6, 6.07) is 5.22. The highest BCUT2D eigenvalue weighted by atomic mass is 32.2. The van der Waals surface area contributed by atoms with Crippen LogP contribution in [0.4, 0.5) is 23.5 Å². The van der Waals surface area contributed by atoms with E-state index >= 15 is 0 Å². The molecule has 11 heteroatoms. The van der Waals surface area contributed by atoms with E-state index in [0.29, 0.717) is 0 Å². The number of alkyl halides is 3. The van der Waals surface area contributed by atoms with Crippen molar-refractivity contribution in [2.24, 2.45) is 0 Å². The summed E-state index contributed by atoms with van der Waals surface area (Å²) in [6.07, 6.45) is -3.73. The predicted octanol–water partition coefficient (Wildman–Crippen LogP) is 4.88. The van der Waals surface area contributed by atoms with E-state index in [-0.39, 0.29) is 38.4 Å². The van der Waals surface area contributed by atoms with Gasteiger partial charge in [-0.1, -0.05) is 0 Å². The van der Waals surface area contributed by atoms with E-state index in [0.717, 1.165) is 18.4 Å². The van der Waals surface area contributed by atoms with Crippen LogP contribution in [0.1, 0.15) is 17.4 Å². The molecule has 0 fully saturated rings. The van der Waals surface area contributed by atoms with Crippen molar-refractivity contribution in [3.63, 3.8) is 0 Å². The highest BCUT2D eigenvalue weighted by Gasteiger charge is 2.45. The van der Waals surface area contributed by atoms with Crippen molar-refractivity contribution in [3.8, 4) is 0 Å². The molecular weight excluding hydrogens is 426 g/mol. The largest absolute Gasteiger partial charge is 0.458 e. The van der Waals surface area contributed by atoms with Gasteiger partial charge in [0.2, 0.25) is 5.95 Å². The van der Waals surface area contributed by atoms with Crippen molar-refractivity contribution in [2.45, 2.75) is 24.0 Å². The fraction of sp³-hybridized carbons (Fsp3) is 0.211. The molecule has 2 N–H and O–H groups in total. The summed E-state index contributed by atoms with van der Waals surface area (Å²) in [5.74, 6) is -1.22. The van der Waals surface area contributed by atoms with E-state index in [1.807, 2.05) is 0 Å². The molecule has 0 aliphatic heterocycles. The number of furan rings is 1. The van der Waals surface area contributed by atoms with Crippen LogP contribution in [-0.4, -0.2) is 30.8 Å². The number of hydrogen-bond acceptors (Lipinski definition) is 5. The van der Waals surface area contributed by atoms with Crippen molar-refractivity contribution < 1.29 is 30.4 Å². The highest BCUT2D eigenvalue weighted by Crippen LogP contribution is 2.40. The lowest BCUT2D eigenvalue weighted by molar-refractivity contribution is -0.147. The zero-order valence-corrected chi connectivity index (χ0v) is 16.5. The smallest absolute Gasteiger partial charge is 0.415 e. The van der Waals surface area contributed by atoms with Crippen LogP contribution in [0.25, 0.3) is 22.0 Å². The van der Waals surface area contributed by atoms with E-state index in [1.54, 1.807) is 0 Å². The third kappa shape index (κ3) is 3.60. The molecule has 6 nitrogen and oxygen atoms in total. The fourth-order valence-corrected chi connectivity index (χ4v) is 3.86. The Morgan fingerprint density at radius 1 is 1.17 bits per heavy atom. The van der Waals surface area contributed by atoms with Crippen molar-refractivity contribution in [1.29, 1.82) is 0 Å². The van der Waals surface area contributed by atoms with Crippen molar-refractivity contribution in [2.75, 3.05) is 11.6 Å². The van der Waals surface area contributed by atoms with Crippen LogP contribution in [0.5, 0.6) is 0 Å². The average molecular weight is 441 g/mol. The molecule has 0 radical (unpaired) electrons. The number of benzene rings is 2. The molecule has 30 heavy (non-hydrogen) atoms. The second kappa shape index (κ2) is 6.73. The molecule has 0 saturated heterocycles. The van der Waals surface area contributed by atoms with Crippen molar-refractivity contribution in [3.05, 3.63) is 53.5 Å². The van der Waals surface area contributed by atoms with Crippen LogP contribution in [0, 0.1) is 12.7 Å². The van der Waals surface area contributed by atoms with Crippen LogP contribution in [0.15, 0.2) is 45.7 Å². The molecule has 4 aromatic rings. The molecule has 0 aliphatic carbocycles. The molecule has 2 heterocycles. The summed E-state index contributed by atoms with van der Waals surface area (Å²) >= 11 is 0. The van der Waals surface area contributed by atoms with Gasteiger partial charge in [0.15, 0.2) is 15.9 Å². The topological polar surface area (TPSA) is 88.0 Å². The van der Waals surface area contributed by atoms with Gasteiger partial charge in [0.1, 0.15) is 17.2 Å². The number of nitrogens with zero attached hydrogens (tertiary/aromatic N) is 1. The molecule has 1 atom stereocenters. The lowest BCUT2D eigenvalue weighted by Crippen LogP contribution is -2.28. The van der Waals surface area contributed by atoms with E-state index < -0.39 is 33.6 Å². The Morgan fingerprint density at radius 3 is 2.57 bits per heavy atom. The first kappa shape index (κ1) is 20.2. The number of fused-ring (bicyclic) bond motifs is 2. The normalized spacial score (nSPS) is 13.8. The molecule has 0 saturated carbocycles. The number of halogens is 4. The molecular formula is C19H15F4N3O3S. The number of hydrogen-bond donors (Lipinski definition) is 2. The van der Waals surface area contributed by atoms with Gasteiger partial charge < -0.3 is 14.7 Å². The summed E-state index contributed by atoms with van der Waals surface area (Å²) in [5.41, 5.74) is 0.816. The number of aromatic nitrogens is 2. The first-order valence-corrected chi connectivity index (χ1v) is 10.5. The number of imidazole rings is 1. The van der Waals surface area contributed by atoms with Crippen molar-refractivity contribution in [1.82, 2.24) is 9.97 Å². The second-order valence-electron chi connectivity index (χ2n) is 6.89. The van der Waals surface area contributed by atoms with Crippen LogP contribution in [0.2, 0.25) is 0 Å². The zero-order chi connectivity index (χ0) is 21.8. The van der Waals surface area contributed by atoms with E-state index in [1.165, 1.54) is 31.2 Å². The quantitative estimate of drug-likeness (QED) is 0.441. The SMILES string of the molecule is Cc1c(C(Nc2nc3ccc(S(C)(=O)=O)cc3[nH]2)C(F)(F)F)oc2ccc(F)cc12. The number of nitrogens with one attached hydrogen (secondary N) is 2. The lowest BCUT2D eigenvalue weighted by atomic mass is 10.1. The Kier molecular flexibility index (Phi) is 4.53. The highest BCUT2D eigenvalue weighted by molar-refractivity contribution is 7.90. The first-order valence-electron chi connectivity index (χ1n) is 8.65. The Labute approximate surface area is 167 Å². The molecule has 1 unspecified atom stereocenters. The molecule has 4 rings (SSSR count). The Bertz CT molecular complexity index is 1370. The third-order valence-corrected chi connectivity index (χ3v) is 5.80. The van der Waals surface area contributed by atoms with Crippen LogP contribution in [-0.2, 0) is 9.84 Å². The molecule has 0 spiro atoms. The van der Waals surface area contributed by atoms with Crippen LogP contribution in [0.3, 0.4) is 0 Å². The monoisotopic (exact) mass is 441 g/mol. The average Bonchev–Trinajstić information content (AvgIpc) is 3.18. The Morgan fingerprint density at radius 2 is 1.90 bits per heavy atom. The molecule has 2 aromatic heterocycles. The molecule has 0 bridgehead atoms. The molecule has 0 aliphatic rings. The van der Waals surface area contributed by atoms with Gasteiger partial charge in [0.25, 0.3) is 0 Å². The third-order valence-electron chi connectivity index (χ3n) is 4.69. The van der Waals surface area contributed by atoms with E-state index in [9.17, 15) is 26.0 Å². The standard InChI is InChI=1S/C19H15F4N3O3S/c1-9-12-7-10(20)3-6-15(12)29-16(9)17(19(21,22)23)26-18-24-13-5-4-11(30(2,27)28)8-14(13)25-18/h3-8,17H,1-2H3,(H2,24,25,26). The maximum atomic E-state index is 13.8. The number of H-pyrrole nitrogens is 1. The van der Waals surface area contributed by atoms with Gasteiger partial charge in [0.05, 0.1) is 15.9 Å². The minimum Gasteiger partial charge on any atom is -0.458 e. The number of anilines is 1. The maximum Gasteiger partial charge on any atom is 0.415 e. The van der Waals surface area contributed by atoms with Gasteiger partial charge in [0, 0.05) is 17.2 Å². The molecule has 0 amide bonds. The number of aromatic amines is 1. The van der Waals surface area contributed by atoms with Crippen LogP contribution >= 0.6 is 0 Å². The van der Waals surface area contributed by atoms with Gasteiger partial charge >= 0.3 is 6.18 Å².